The number of benzene rings is 1. The number of hydrogen-bond donors (Lipinski definition) is 3. The molecule has 0 aliphatic carbocycles. The van der Waals surface area contributed by atoms with Crippen molar-refractivity contribution in [3.8, 4) is 5.75 Å². The third-order valence-electron chi connectivity index (χ3n) is 5.80. The molecule has 8 heteroatoms. The van der Waals surface area contributed by atoms with Gasteiger partial charge in [-0.1, -0.05) is 0 Å². The topological polar surface area (TPSA) is 102 Å². The van der Waals surface area contributed by atoms with E-state index in [0.29, 0.717) is 5.75 Å². The minimum absolute atomic E-state index is 0.364. The summed E-state index contributed by atoms with van der Waals surface area (Å²) in [4.78, 5) is 26.8. The Hall–Kier alpha value is -2.32. The molecule has 1 unspecified atom stereocenters. The van der Waals surface area contributed by atoms with Crippen LogP contribution in [0.25, 0.3) is 0 Å². The second-order valence-corrected chi connectivity index (χ2v) is 7.85. The molecule has 0 saturated carbocycles. The van der Waals surface area contributed by atoms with Crippen LogP contribution in [0.1, 0.15) is 25.7 Å². The molecule has 0 spiro atoms. The lowest BCUT2D eigenvalue weighted by Gasteiger charge is -2.37. The van der Waals surface area contributed by atoms with E-state index in [1.807, 2.05) is 12.1 Å². The molecular weight excluding hydrogens is 374 g/mol. The number of ether oxygens (including phenoxy) is 1. The Morgan fingerprint density at radius 2 is 1.72 bits per heavy atom. The van der Waals surface area contributed by atoms with Gasteiger partial charge in [-0.25, -0.2) is 4.79 Å². The Morgan fingerprint density at radius 1 is 1.07 bits per heavy atom. The summed E-state index contributed by atoms with van der Waals surface area (Å²) in [5.74, 6) is -1.26. The fourth-order valence-electron chi connectivity index (χ4n) is 4.00. The summed E-state index contributed by atoms with van der Waals surface area (Å²) in [5, 5.41) is 21.3. The highest BCUT2D eigenvalue weighted by atomic mass is 16.5. The molecule has 1 aromatic carbocycles. The Bertz CT molecular complexity index is 667. The van der Waals surface area contributed by atoms with E-state index < -0.39 is 24.5 Å². The van der Waals surface area contributed by atoms with Crippen molar-refractivity contribution in [3.05, 3.63) is 24.3 Å². The van der Waals surface area contributed by atoms with Crippen molar-refractivity contribution in [3.63, 3.8) is 0 Å². The van der Waals surface area contributed by atoms with Crippen LogP contribution in [-0.4, -0.2) is 79.0 Å². The van der Waals surface area contributed by atoms with E-state index in [0.717, 1.165) is 50.9 Å². The molecule has 2 fully saturated rings. The zero-order valence-corrected chi connectivity index (χ0v) is 16.8. The van der Waals surface area contributed by atoms with Crippen molar-refractivity contribution in [1.29, 1.82) is 0 Å². The van der Waals surface area contributed by atoms with Gasteiger partial charge in [0.05, 0.1) is 6.42 Å². The highest BCUT2D eigenvalue weighted by Crippen LogP contribution is 2.23. The van der Waals surface area contributed by atoms with Gasteiger partial charge in [-0.05, 0) is 69.1 Å². The Labute approximate surface area is 171 Å². The van der Waals surface area contributed by atoms with Gasteiger partial charge in [-0.3, -0.25) is 9.69 Å². The maximum atomic E-state index is 11.1. The van der Waals surface area contributed by atoms with Crippen LogP contribution in [0.5, 0.6) is 5.75 Å². The van der Waals surface area contributed by atoms with Gasteiger partial charge in [0.25, 0.3) is 0 Å². The molecule has 160 valence electrons. The first-order chi connectivity index (χ1) is 14.0. The lowest BCUT2D eigenvalue weighted by atomic mass is 9.94. The van der Waals surface area contributed by atoms with E-state index in [-0.39, 0.29) is 0 Å². The number of anilines is 1. The van der Waals surface area contributed by atoms with Gasteiger partial charge in [0.15, 0.2) is 0 Å². The van der Waals surface area contributed by atoms with Crippen molar-refractivity contribution < 1.29 is 24.5 Å². The van der Waals surface area contributed by atoms with Crippen LogP contribution < -0.4 is 15.0 Å². The van der Waals surface area contributed by atoms with Crippen LogP contribution in [0.4, 0.5) is 5.69 Å². The number of piperidine rings is 1. The molecular formula is C21H31N3O5. The predicted octanol–water partition coefficient (Wildman–Crippen LogP) is 1.51. The van der Waals surface area contributed by atoms with Crippen molar-refractivity contribution in [2.75, 3.05) is 50.7 Å². The number of carboxylic acids is 2. The molecule has 2 aliphatic heterocycles. The van der Waals surface area contributed by atoms with Crippen LogP contribution in [0, 0.1) is 5.92 Å². The zero-order chi connectivity index (χ0) is 20.6. The first kappa shape index (κ1) is 21.4. The van der Waals surface area contributed by atoms with Crippen molar-refractivity contribution in [2.24, 2.45) is 5.92 Å². The molecule has 8 nitrogen and oxygen atoms in total. The van der Waals surface area contributed by atoms with Gasteiger partial charge in [0.1, 0.15) is 5.75 Å². The number of carboxylic acid groups (broad SMARTS) is 2. The Balaban J connectivity index is 1.44. The summed E-state index contributed by atoms with van der Waals surface area (Å²) >= 11 is 0. The number of nitrogens with zero attached hydrogens (tertiary/aromatic N) is 2. The summed E-state index contributed by atoms with van der Waals surface area (Å²) in [6, 6.07) is 7.21. The second kappa shape index (κ2) is 10.5. The largest absolute Gasteiger partial charge is 0.481 e. The lowest BCUT2D eigenvalue weighted by molar-refractivity contribution is -0.151. The molecule has 1 aromatic rings. The maximum Gasteiger partial charge on any atom is 0.345 e. The first-order valence-corrected chi connectivity index (χ1v) is 10.4. The summed E-state index contributed by atoms with van der Waals surface area (Å²) in [6.45, 7) is 7.49. The van der Waals surface area contributed by atoms with Crippen LogP contribution in [-0.2, 0) is 9.59 Å². The summed E-state index contributed by atoms with van der Waals surface area (Å²) < 4.78 is 5.32. The molecule has 0 bridgehead atoms. The fourth-order valence-corrected chi connectivity index (χ4v) is 4.00. The van der Waals surface area contributed by atoms with Crippen molar-refractivity contribution in [1.82, 2.24) is 10.2 Å². The lowest BCUT2D eigenvalue weighted by Crippen LogP contribution is -2.47. The summed E-state index contributed by atoms with van der Waals surface area (Å²) in [6.07, 6.45) is 1.92. The van der Waals surface area contributed by atoms with E-state index >= 15 is 0 Å². The minimum Gasteiger partial charge on any atom is -0.481 e. The highest BCUT2D eigenvalue weighted by molar-refractivity contribution is 5.80. The van der Waals surface area contributed by atoms with Crippen molar-refractivity contribution in [2.45, 2.75) is 31.8 Å². The van der Waals surface area contributed by atoms with Crippen LogP contribution in [0.3, 0.4) is 0 Å². The van der Waals surface area contributed by atoms with E-state index in [2.05, 4.69) is 15.1 Å². The van der Waals surface area contributed by atoms with E-state index in [9.17, 15) is 9.59 Å². The average molecular weight is 405 g/mol. The molecule has 3 rings (SSSR count). The van der Waals surface area contributed by atoms with E-state index in [1.165, 1.54) is 25.8 Å². The number of nitrogens with one attached hydrogen (secondary N) is 1. The quantitative estimate of drug-likeness (QED) is 0.568. The van der Waals surface area contributed by atoms with Gasteiger partial charge in [-0.2, -0.15) is 0 Å². The molecule has 2 saturated heterocycles. The van der Waals surface area contributed by atoms with Gasteiger partial charge in [-0.15, -0.1) is 0 Å². The monoisotopic (exact) mass is 405 g/mol. The molecule has 0 radical (unpaired) electrons. The van der Waals surface area contributed by atoms with Crippen molar-refractivity contribution >= 4 is 17.6 Å². The first-order valence-electron chi connectivity index (χ1n) is 10.4. The molecule has 2 aliphatic rings. The van der Waals surface area contributed by atoms with E-state index in [4.69, 9.17) is 14.9 Å². The molecule has 1 atom stereocenters. The third-order valence-corrected chi connectivity index (χ3v) is 5.80. The highest BCUT2D eigenvalue weighted by Gasteiger charge is 2.23. The third kappa shape index (κ3) is 6.61. The number of rotatable bonds is 9. The number of piperazine rings is 1. The van der Waals surface area contributed by atoms with Gasteiger partial charge in [0.2, 0.25) is 6.10 Å². The Kier molecular flexibility index (Phi) is 7.71. The molecule has 29 heavy (non-hydrogen) atoms. The summed E-state index contributed by atoms with van der Waals surface area (Å²) in [7, 11) is 0. The Morgan fingerprint density at radius 3 is 2.31 bits per heavy atom. The smallest absolute Gasteiger partial charge is 0.345 e. The van der Waals surface area contributed by atoms with Crippen LogP contribution in [0.15, 0.2) is 24.3 Å². The normalized spacial score (nSPS) is 19.7. The van der Waals surface area contributed by atoms with E-state index in [1.54, 1.807) is 12.1 Å². The number of aliphatic carboxylic acids is 2. The molecule has 0 amide bonds. The number of hydrogen-bond acceptors (Lipinski definition) is 6. The molecule has 3 N–H and O–H groups in total. The van der Waals surface area contributed by atoms with Crippen LogP contribution in [0.2, 0.25) is 0 Å². The number of carbonyl (C=O) groups is 2. The van der Waals surface area contributed by atoms with Gasteiger partial charge >= 0.3 is 11.9 Å². The van der Waals surface area contributed by atoms with Gasteiger partial charge in [0, 0.05) is 31.9 Å². The standard InChI is InChI=1S/C21H31N3O5/c25-20(26)15-19(21(27)28)29-18-3-1-17(2-4-18)24-13-11-23(12-14-24)10-7-16-5-8-22-9-6-16/h1-4,16,19,22H,5-15H2,(H,25,26)(H,27,28). The predicted molar refractivity (Wildman–Crippen MR) is 110 cm³/mol. The van der Waals surface area contributed by atoms with Crippen LogP contribution >= 0.6 is 0 Å². The zero-order valence-electron chi connectivity index (χ0n) is 16.8. The fraction of sp³-hybridized carbons (Fsp3) is 0.619. The molecule has 2 heterocycles. The maximum absolute atomic E-state index is 11.1. The SMILES string of the molecule is O=C(O)CC(Oc1ccc(N2CCN(CCC3CCNCC3)CC2)cc1)C(=O)O. The molecule has 0 aromatic heterocycles. The minimum atomic E-state index is -1.39. The summed E-state index contributed by atoms with van der Waals surface area (Å²) in [5.41, 5.74) is 1.07. The second-order valence-electron chi connectivity index (χ2n) is 7.85. The average Bonchev–Trinajstić information content (AvgIpc) is 2.73. The van der Waals surface area contributed by atoms with Gasteiger partial charge < -0.3 is 25.2 Å².